The van der Waals surface area contributed by atoms with Crippen LogP contribution in [0.15, 0.2) is 24.3 Å². The fourth-order valence-corrected chi connectivity index (χ4v) is 2.18. The molecule has 0 amide bonds. The van der Waals surface area contributed by atoms with Gasteiger partial charge in [-0.25, -0.2) is 0 Å². The Morgan fingerprint density at radius 3 is 2.69 bits per heavy atom. The molecule has 2 nitrogen and oxygen atoms in total. The van der Waals surface area contributed by atoms with E-state index in [1.807, 2.05) is 26.2 Å². The predicted molar refractivity (Wildman–Crippen MR) is 52.6 cm³/mol. The van der Waals surface area contributed by atoms with Crippen LogP contribution >= 0.6 is 0 Å². The molecule has 2 atom stereocenters. The zero-order chi connectivity index (χ0) is 9.42. The van der Waals surface area contributed by atoms with Gasteiger partial charge in [0.2, 0.25) is 0 Å². The van der Waals surface area contributed by atoms with Crippen LogP contribution < -0.4 is 0 Å². The first-order valence-electron chi connectivity index (χ1n) is 4.62. The minimum absolute atomic E-state index is 0.177. The highest BCUT2D eigenvalue weighted by Crippen LogP contribution is 2.34. The van der Waals surface area contributed by atoms with Gasteiger partial charge in [0.1, 0.15) is 0 Å². The predicted octanol–water partition coefficient (Wildman–Crippen LogP) is 1.21. The topological polar surface area (TPSA) is 23.5 Å². The van der Waals surface area contributed by atoms with Crippen molar-refractivity contribution in [3.05, 3.63) is 35.4 Å². The summed E-state index contributed by atoms with van der Waals surface area (Å²) in [6, 6.07) is 8.45. The molecule has 2 heteroatoms. The Balaban J connectivity index is 2.40. The smallest absolute Gasteiger partial charge is 0.0777 e. The van der Waals surface area contributed by atoms with Crippen molar-refractivity contribution in [3.8, 4) is 0 Å². The molecule has 1 aromatic carbocycles. The third-order valence-electron chi connectivity index (χ3n) is 2.72. The van der Waals surface area contributed by atoms with E-state index >= 15 is 0 Å². The fraction of sp³-hybridized carbons (Fsp3) is 0.455. The second-order valence-corrected chi connectivity index (χ2v) is 3.88. The summed E-state index contributed by atoms with van der Waals surface area (Å²) >= 11 is 0. The number of nitrogens with zero attached hydrogens (tertiary/aromatic N) is 1. The van der Waals surface area contributed by atoms with Crippen LogP contribution in [0, 0.1) is 0 Å². The zero-order valence-electron chi connectivity index (χ0n) is 8.07. The van der Waals surface area contributed by atoms with Gasteiger partial charge in [0.15, 0.2) is 0 Å². The first-order valence-corrected chi connectivity index (χ1v) is 4.62. The summed E-state index contributed by atoms with van der Waals surface area (Å²) in [6.07, 6.45) is 0.548. The molecule has 13 heavy (non-hydrogen) atoms. The minimum atomic E-state index is -0.243. The number of hydrogen-bond acceptors (Lipinski definition) is 2. The monoisotopic (exact) mass is 177 g/mol. The fourth-order valence-electron chi connectivity index (χ4n) is 2.18. The molecule has 0 spiro atoms. The lowest BCUT2D eigenvalue weighted by atomic mass is 10.1. The van der Waals surface area contributed by atoms with E-state index in [1.165, 1.54) is 11.1 Å². The summed E-state index contributed by atoms with van der Waals surface area (Å²) in [4.78, 5) is 2.08. The second-order valence-electron chi connectivity index (χ2n) is 3.88. The molecule has 1 aliphatic rings. The van der Waals surface area contributed by atoms with Gasteiger partial charge in [-0.2, -0.15) is 0 Å². The first kappa shape index (κ1) is 8.73. The summed E-state index contributed by atoms with van der Waals surface area (Å²) in [5, 5.41) is 9.84. The van der Waals surface area contributed by atoms with Crippen LogP contribution in [0.2, 0.25) is 0 Å². The van der Waals surface area contributed by atoms with Crippen molar-refractivity contribution in [1.82, 2.24) is 4.90 Å². The van der Waals surface area contributed by atoms with Crippen molar-refractivity contribution in [2.45, 2.75) is 18.6 Å². The Hall–Kier alpha value is -0.860. The van der Waals surface area contributed by atoms with Crippen molar-refractivity contribution in [1.29, 1.82) is 0 Å². The maximum absolute atomic E-state index is 9.84. The molecule has 1 aromatic rings. The third kappa shape index (κ3) is 1.36. The van der Waals surface area contributed by atoms with Crippen molar-refractivity contribution in [2.24, 2.45) is 0 Å². The van der Waals surface area contributed by atoms with E-state index in [0.29, 0.717) is 0 Å². The van der Waals surface area contributed by atoms with Gasteiger partial charge in [-0.1, -0.05) is 24.3 Å². The van der Waals surface area contributed by atoms with Crippen LogP contribution in [0.3, 0.4) is 0 Å². The molecular weight excluding hydrogens is 162 g/mol. The number of hydrogen-bond donors (Lipinski definition) is 1. The van der Waals surface area contributed by atoms with E-state index in [2.05, 4.69) is 17.0 Å². The largest absolute Gasteiger partial charge is 0.391 e. The zero-order valence-corrected chi connectivity index (χ0v) is 8.07. The Bertz CT molecular complexity index is 309. The molecule has 70 valence electrons. The van der Waals surface area contributed by atoms with Crippen LogP contribution in [0.5, 0.6) is 0 Å². The molecule has 2 rings (SSSR count). The summed E-state index contributed by atoms with van der Waals surface area (Å²) in [5.74, 6) is 0. The quantitative estimate of drug-likeness (QED) is 0.697. The number of aliphatic hydroxyl groups excluding tert-OH is 1. The molecule has 0 bridgehead atoms. The normalized spacial score (nSPS) is 26.5. The highest BCUT2D eigenvalue weighted by Gasteiger charge is 2.31. The number of rotatable bonds is 1. The van der Waals surface area contributed by atoms with Gasteiger partial charge in [0.25, 0.3) is 0 Å². The van der Waals surface area contributed by atoms with Crippen molar-refractivity contribution in [2.75, 3.05) is 14.1 Å². The molecule has 0 aliphatic heterocycles. The van der Waals surface area contributed by atoms with Gasteiger partial charge in [-0.05, 0) is 25.2 Å². The minimum Gasteiger partial charge on any atom is -0.391 e. The standard InChI is InChI=1S/C11H15NO/c1-12(2)11-9-6-4-3-5-8(9)7-10(11)13/h3-6,10-11,13H,7H2,1-2H3. The number of fused-ring (bicyclic) bond motifs is 1. The van der Waals surface area contributed by atoms with Crippen LogP contribution in [0.1, 0.15) is 17.2 Å². The Morgan fingerprint density at radius 2 is 2.00 bits per heavy atom. The summed E-state index contributed by atoms with van der Waals surface area (Å²) in [7, 11) is 4.02. The van der Waals surface area contributed by atoms with Gasteiger partial charge >= 0.3 is 0 Å². The van der Waals surface area contributed by atoms with Crippen molar-refractivity contribution >= 4 is 0 Å². The molecule has 2 unspecified atom stereocenters. The Kier molecular flexibility index (Phi) is 2.10. The average molecular weight is 177 g/mol. The summed E-state index contributed by atoms with van der Waals surface area (Å²) in [6.45, 7) is 0. The van der Waals surface area contributed by atoms with Crippen LogP contribution in [0.4, 0.5) is 0 Å². The van der Waals surface area contributed by atoms with Gasteiger partial charge in [-0.3, -0.25) is 0 Å². The van der Waals surface area contributed by atoms with Gasteiger partial charge in [0.05, 0.1) is 12.1 Å². The highest BCUT2D eigenvalue weighted by molar-refractivity contribution is 5.36. The average Bonchev–Trinajstić information content (AvgIpc) is 2.39. The molecule has 0 aromatic heterocycles. The van der Waals surface area contributed by atoms with Crippen LogP contribution in [0.25, 0.3) is 0 Å². The van der Waals surface area contributed by atoms with Gasteiger partial charge in [0, 0.05) is 6.42 Å². The summed E-state index contributed by atoms with van der Waals surface area (Å²) in [5.41, 5.74) is 2.56. The third-order valence-corrected chi connectivity index (χ3v) is 2.72. The van der Waals surface area contributed by atoms with E-state index in [0.717, 1.165) is 6.42 Å². The molecule has 0 saturated heterocycles. The van der Waals surface area contributed by atoms with E-state index in [9.17, 15) is 5.11 Å². The highest BCUT2D eigenvalue weighted by atomic mass is 16.3. The molecule has 0 radical (unpaired) electrons. The second kappa shape index (κ2) is 3.13. The SMILES string of the molecule is CN(C)C1c2ccccc2CC1O. The maximum Gasteiger partial charge on any atom is 0.0777 e. The molecule has 1 aliphatic carbocycles. The van der Waals surface area contributed by atoms with E-state index in [-0.39, 0.29) is 12.1 Å². The van der Waals surface area contributed by atoms with Crippen LogP contribution in [-0.4, -0.2) is 30.2 Å². The van der Waals surface area contributed by atoms with E-state index < -0.39 is 0 Å². The lowest BCUT2D eigenvalue weighted by molar-refractivity contribution is 0.0902. The van der Waals surface area contributed by atoms with Crippen molar-refractivity contribution in [3.63, 3.8) is 0 Å². The number of likely N-dealkylation sites (N-methyl/N-ethyl adjacent to an activating group) is 1. The van der Waals surface area contributed by atoms with Gasteiger partial charge in [-0.15, -0.1) is 0 Å². The van der Waals surface area contributed by atoms with Crippen molar-refractivity contribution < 1.29 is 5.11 Å². The first-order chi connectivity index (χ1) is 6.20. The lowest BCUT2D eigenvalue weighted by Gasteiger charge is -2.23. The molecule has 0 heterocycles. The molecule has 1 N–H and O–H groups in total. The number of benzene rings is 1. The molecular formula is C11H15NO. The van der Waals surface area contributed by atoms with Crippen LogP contribution in [-0.2, 0) is 6.42 Å². The maximum atomic E-state index is 9.84. The van der Waals surface area contributed by atoms with Gasteiger partial charge < -0.3 is 10.0 Å². The summed E-state index contributed by atoms with van der Waals surface area (Å²) < 4.78 is 0. The lowest BCUT2D eigenvalue weighted by Crippen LogP contribution is -2.27. The molecule has 0 saturated carbocycles. The number of aliphatic hydroxyl groups is 1. The molecule has 0 fully saturated rings. The van der Waals surface area contributed by atoms with E-state index in [4.69, 9.17) is 0 Å². The Morgan fingerprint density at radius 1 is 1.31 bits per heavy atom. The van der Waals surface area contributed by atoms with E-state index in [1.54, 1.807) is 0 Å². The Labute approximate surface area is 78.8 Å².